The van der Waals surface area contributed by atoms with Gasteiger partial charge in [0, 0.05) is 24.7 Å². The molecule has 2 aromatic carbocycles. The zero-order chi connectivity index (χ0) is 20.4. The number of rotatable bonds is 5. The number of hydrogen-bond donors (Lipinski definition) is 1. The lowest BCUT2D eigenvalue weighted by molar-refractivity contribution is -0.387. The highest BCUT2D eigenvalue weighted by Gasteiger charge is 2.36. The van der Waals surface area contributed by atoms with Gasteiger partial charge in [0.2, 0.25) is 17.6 Å². The van der Waals surface area contributed by atoms with Crippen LogP contribution in [0, 0.1) is 21.8 Å². The molecule has 1 unspecified atom stereocenters. The van der Waals surface area contributed by atoms with Crippen LogP contribution in [0.25, 0.3) is 0 Å². The second kappa shape index (κ2) is 7.75. The SMILES string of the molecule is CC(C)c1ccccc1NC(=O)C1CC(=O)N(c2ccc(F)c([N+](=O)[O-])c2)C1. The van der Waals surface area contributed by atoms with Crippen LogP contribution in [0.3, 0.4) is 0 Å². The van der Waals surface area contributed by atoms with Crippen molar-refractivity contribution in [3.05, 3.63) is 64.0 Å². The molecule has 1 aliphatic heterocycles. The van der Waals surface area contributed by atoms with Gasteiger partial charge in [-0.25, -0.2) is 0 Å². The Labute approximate surface area is 161 Å². The van der Waals surface area contributed by atoms with Gasteiger partial charge in [-0.05, 0) is 29.7 Å². The number of nitrogens with zero attached hydrogens (tertiary/aromatic N) is 2. The number of carbonyl (C=O) groups excluding carboxylic acids is 2. The summed E-state index contributed by atoms with van der Waals surface area (Å²) < 4.78 is 13.5. The van der Waals surface area contributed by atoms with Gasteiger partial charge in [-0.3, -0.25) is 19.7 Å². The Bertz CT molecular complexity index is 945. The first-order valence-electron chi connectivity index (χ1n) is 8.92. The summed E-state index contributed by atoms with van der Waals surface area (Å²) in [7, 11) is 0. The molecule has 0 radical (unpaired) electrons. The topological polar surface area (TPSA) is 92.6 Å². The number of nitrogens with one attached hydrogen (secondary N) is 1. The number of benzene rings is 2. The van der Waals surface area contributed by atoms with Crippen molar-refractivity contribution in [1.29, 1.82) is 0 Å². The molecule has 1 atom stereocenters. The maximum Gasteiger partial charge on any atom is 0.306 e. The summed E-state index contributed by atoms with van der Waals surface area (Å²) in [5, 5.41) is 13.8. The van der Waals surface area contributed by atoms with E-state index in [0.717, 1.165) is 17.7 Å². The minimum Gasteiger partial charge on any atom is -0.326 e. The van der Waals surface area contributed by atoms with Gasteiger partial charge in [0.05, 0.1) is 16.5 Å². The van der Waals surface area contributed by atoms with Crippen LogP contribution < -0.4 is 10.2 Å². The Morgan fingerprint density at radius 3 is 2.68 bits per heavy atom. The molecule has 2 aromatic rings. The quantitative estimate of drug-likeness (QED) is 0.625. The van der Waals surface area contributed by atoms with E-state index in [9.17, 15) is 24.1 Å². The summed E-state index contributed by atoms with van der Waals surface area (Å²) in [5.41, 5.74) is 1.19. The number of halogens is 1. The third kappa shape index (κ3) is 3.85. The number of nitro groups is 1. The molecule has 0 spiro atoms. The van der Waals surface area contributed by atoms with E-state index in [2.05, 4.69) is 5.32 Å². The molecule has 1 heterocycles. The minimum absolute atomic E-state index is 0.0130. The van der Waals surface area contributed by atoms with Crippen LogP contribution in [0.15, 0.2) is 42.5 Å². The fourth-order valence-electron chi connectivity index (χ4n) is 3.29. The van der Waals surface area contributed by atoms with Crippen molar-refractivity contribution in [3.63, 3.8) is 0 Å². The first-order chi connectivity index (χ1) is 13.3. The highest BCUT2D eigenvalue weighted by atomic mass is 19.1. The summed E-state index contributed by atoms with van der Waals surface area (Å²) in [6, 6.07) is 10.7. The van der Waals surface area contributed by atoms with Gasteiger partial charge < -0.3 is 10.2 Å². The molecule has 0 saturated carbocycles. The summed E-state index contributed by atoms with van der Waals surface area (Å²) in [4.78, 5) is 36.4. The zero-order valence-corrected chi connectivity index (χ0v) is 15.5. The van der Waals surface area contributed by atoms with E-state index in [1.54, 1.807) is 0 Å². The monoisotopic (exact) mass is 385 g/mol. The van der Waals surface area contributed by atoms with Crippen LogP contribution in [-0.4, -0.2) is 23.3 Å². The van der Waals surface area contributed by atoms with Crippen molar-refractivity contribution >= 4 is 28.9 Å². The van der Waals surface area contributed by atoms with Crippen LogP contribution in [-0.2, 0) is 9.59 Å². The van der Waals surface area contributed by atoms with E-state index < -0.39 is 22.3 Å². The number of carbonyl (C=O) groups is 2. The summed E-state index contributed by atoms with van der Waals surface area (Å²) >= 11 is 0. The van der Waals surface area contributed by atoms with E-state index in [-0.39, 0.29) is 36.4 Å². The first kappa shape index (κ1) is 19.5. The van der Waals surface area contributed by atoms with Crippen LogP contribution in [0.1, 0.15) is 31.7 Å². The molecule has 146 valence electrons. The third-order valence-corrected chi connectivity index (χ3v) is 4.77. The lowest BCUT2D eigenvalue weighted by Gasteiger charge is -2.18. The normalized spacial score (nSPS) is 16.5. The van der Waals surface area contributed by atoms with E-state index in [4.69, 9.17) is 0 Å². The maximum atomic E-state index is 13.5. The third-order valence-electron chi connectivity index (χ3n) is 4.77. The van der Waals surface area contributed by atoms with Crippen molar-refractivity contribution in [1.82, 2.24) is 0 Å². The predicted molar refractivity (Wildman–Crippen MR) is 103 cm³/mol. The lowest BCUT2D eigenvalue weighted by Crippen LogP contribution is -2.28. The Kier molecular flexibility index (Phi) is 5.39. The second-order valence-electron chi connectivity index (χ2n) is 7.03. The molecule has 1 aliphatic rings. The van der Waals surface area contributed by atoms with Crippen LogP contribution in [0.5, 0.6) is 0 Å². The standard InChI is InChI=1S/C20H20FN3O4/c1-12(2)15-5-3-4-6-17(15)22-20(26)13-9-19(25)23(11-13)14-7-8-16(21)18(10-14)24(27)28/h3-8,10,12-13H,9,11H2,1-2H3,(H,22,26). The van der Waals surface area contributed by atoms with Crippen LogP contribution in [0.2, 0.25) is 0 Å². The van der Waals surface area contributed by atoms with Gasteiger partial charge in [-0.15, -0.1) is 0 Å². The molecule has 0 aliphatic carbocycles. The number of hydrogen-bond acceptors (Lipinski definition) is 4. The van der Waals surface area contributed by atoms with Crippen molar-refractivity contribution < 1.29 is 18.9 Å². The van der Waals surface area contributed by atoms with Crippen molar-refractivity contribution in [2.45, 2.75) is 26.2 Å². The van der Waals surface area contributed by atoms with Gasteiger partial charge in [0.25, 0.3) is 0 Å². The average molecular weight is 385 g/mol. The molecule has 8 heteroatoms. The minimum atomic E-state index is -0.972. The van der Waals surface area contributed by atoms with E-state index >= 15 is 0 Å². The Morgan fingerprint density at radius 1 is 1.29 bits per heavy atom. The van der Waals surface area contributed by atoms with Gasteiger partial charge in [-0.1, -0.05) is 32.0 Å². The average Bonchev–Trinajstić information content (AvgIpc) is 3.04. The number of anilines is 2. The predicted octanol–water partition coefficient (Wildman–Crippen LogP) is 3.85. The molecule has 2 amide bonds. The van der Waals surface area contributed by atoms with Gasteiger partial charge >= 0.3 is 5.69 Å². The molecule has 7 nitrogen and oxygen atoms in total. The first-order valence-corrected chi connectivity index (χ1v) is 8.92. The molecule has 3 rings (SSSR count). The fourth-order valence-corrected chi connectivity index (χ4v) is 3.29. The van der Waals surface area contributed by atoms with E-state index in [1.165, 1.54) is 11.0 Å². The molecule has 1 N–H and O–H groups in total. The molecule has 1 fully saturated rings. The lowest BCUT2D eigenvalue weighted by atomic mass is 10.0. The van der Waals surface area contributed by atoms with Crippen molar-refractivity contribution in [2.24, 2.45) is 5.92 Å². The highest BCUT2D eigenvalue weighted by Crippen LogP contribution is 2.31. The molecule has 0 aromatic heterocycles. The van der Waals surface area contributed by atoms with Gasteiger partial charge in [0.1, 0.15) is 0 Å². The number of nitro benzene ring substituents is 1. The largest absolute Gasteiger partial charge is 0.326 e. The zero-order valence-electron chi connectivity index (χ0n) is 15.5. The Morgan fingerprint density at radius 2 is 2.00 bits per heavy atom. The van der Waals surface area contributed by atoms with Crippen molar-refractivity contribution in [2.75, 3.05) is 16.8 Å². The van der Waals surface area contributed by atoms with E-state index in [0.29, 0.717) is 5.69 Å². The number of para-hydroxylation sites is 1. The summed E-state index contributed by atoms with van der Waals surface area (Å²) in [6.45, 7) is 4.12. The van der Waals surface area contributed by atoms with Gasteiger partial charge in [-0.2, -0.15) is 4.39 Å². The van der Waals surface area contributed by atoms with E-state index in [1.807, 2.05) is 38.1 Å². The van der Waals surface area contributed by atoms with Crippen LogP contribution in [0.4, 0.5) is 21.5 Å². The number of amides is 2. The fraction of sp³-hybridized carbons (Fsp3) is 0.300. The molecule has 0 bridgehead atoms. The summed E-state index contributed by atoms with van der Waals surface area (Å²) in [5.74, 6) is -1.98. The highest BCUT2D eigenvalue weighted by molar-refractivity contribution is 6.03. The molecular weight excluding hydrogens is 365 g/mol. The Hall–Kier alpha value is -3.29. The van der Waals surface area contributed by atoms with Gasteiger partial charge in [0.15, 0.2) is 0 Å². The molecule has 28 heavy (non-hydrogen) atoms. The van der Waals surface area contributed by atoms with Crippen LogP contribution >= 0.6 is 0 Å². The maximum absolute atomic E-state index is 13.5. The summed E-state index contributed by atoms with van der Waals surface area (Å²) in [6.07, 6.45) is -0.0130. The van der Waals surface area contributed by atoms with Crippen molar-refractivity contribution in [3.8, 4) is 0 Å². The molecular formula is C20H20FN3O4. The Balaban J connectivity index is 1.77. The molecule has 1 saturated heterocycles. The smallest absolute Gasteiger partial charge is 0.306 e. The second-order valence-corrected chi connectivity index (χ2v) is 7.03.